The van der Waals surface area contributed by atoms with Crippen molar-refractivity contribution in [2.24, 2.45) is 0 Å². The van der Waals surface area contributed by atoms with Crippen molar-refractivity contribution in [3.05, 3.63) is 29.8 Å². The van der Waals surface area contributed by atoms with E-state index in [1.54, 1.807) is 0 Å². The van der Waals surface area contributed by atoms with Gasteiger partial charge in [-0.3, -0.25) is 0 Å². The zero-order valence-electron chi connectivity index (χ0n) is 8.34. The first-order valence-electron chi connectivity index (χ1n) is 4.73. The van der Waals surface area contributed by atoms with Crippen LogP contribution in [0.4, 0.5) is 0 Å². The van der Waals surface area contributed by atoms with Gasteiger partial charge in [-0.05, 0) is 25.6 Å². The summed E-state index contributed by atoms with van der Waals surface area (Å²) in [5.41, 5.74) is 1.26. The minimum atomic E-state index is 0.733. The molecule has 1 aromatic carbocycles. The van der Waals surface area contributed by atoms with Gasteiger partial charge in [0.15, 0.2) is 0 Å². The summed E-state index contributed by atoms with van der Waals surface area (Å²) in [7, 11) is 0. The highest BCUT2D eigenvalue weighted by molar-refractivity contribution is 5.26. The van der Waals surface area contributed by atoms with Crippen molar-refractivity contribution in [3.63, 3.8) is 0 Å². The molecule has 72 valence electrons. The first kappa shape index (κ1) is 10.1. The standard InChI is InChI=1S/C11H17NO/c1-3-12-8-9-13-11-6-4-10(2)5-7-11/h4-7,12H,3,8-9H2,1-2H3. The summed E-state index contributed by atoms with van der Waals surface area (Å²) in [6.07, 6.45) is 0. The van der Waals surface area contributed by atoms with Crippen molar-refractivity contribution in [1.29, 1.82) is 0 Å². The zero-order valence-corrected chi connectivity index (χ0v) is 8.34. The topological polar surface area (TPSA) is 21.3 Å². The van der Waals surface area contributed by atoms with Crippen molar-refractivity contribution in [1.82, 2.24) is 5.32 Å². The molecule has 0 aliphatic rings. The minimum absolute atomic E-state index is 0.733. The molecule has 0 amide bonds. The van der Waals surface area contributed by atoms with Crippen LogP contribution >= 0.6 is 0 Å². The molecular formula is C11H17NO. The number of likely N-dealkylation sites (N-methyl/N-ethyl adjacent to an activating group) is 1. The Morgan fingerprint density at radius 2 is 1.92 bits per heavy atom. The predicted octanol–water partition coefficient (Wildman–Crippen LogP) is 1.98. The first-order chi connectivity index (χ1) is 6.33. The molecule has 0 radical (unpaired) electrons. The van der Waals surface area contributed by atoms with E-state index in [2.05, 4.69) is 31.3 Å². The Morgan fingerprint density at radius 3 is 2.54 bits per heavy atom. The van der Waals surface area contributed by atoms with E-state index in [9.17, 15) is 0 Å². The highest BCUT2D eigenvalue weighted by Gasteiger charge is 1.91. The quantitative estimate of drug-likeness (QED) is 0.698. The summed E-state index contributed by atoms with van der Waals surface area (Å²) >= 11 is 0. The van der Waals surface area contributed by atoms with Gasteiger partial charge >= 0.3 is 0 Å². The number of hydrogen-bond acceptors (Lipinski definition) is 2. The van der Waals surface area contributed by atoms with Crippen LogP contribution in [0.1, 0.15) is 12.5 Å². The second kappa shape index (κ2) is 5.60. The van der Waals surface area contributed by atoms with E-state index in [-0.39, 0.29) is 0 Å². The van der Waals surface area contributed by atoms with Crippen LogP contribution < -0.4 is 10.1 Å². The molecular weight excluding hydrogens is 162 g/mol. The fourth-order valence-electron chi connectivity index (χ4n) is 1.05. The minimum Gasteiger partial charge on any atom is -0.492 e. The lowest BCUT2D eigenvalue weighted by Gasteiger charge is -2.06. The Balaban J connectivity index is 2.25. The molecule has 0 bridgehead atoms. The second-order valence-electron chi connectivity index (χ2n) is 3.02. The van der Waals surface area contributed by atoms with Crippen molar-refractivity contribution in [2.45, 2.75) is 13.8 Å². The number of benzene rings is 1. The van der Waals surface area contributed by atoms with Crippen LogP contribution in [0.5, 0.6) is 5.75 Å². The fourth-order valence-corrected chi connectivity index (χ4v) is 1.05. The number of hydrogen-bond donors (Lipinski definition) is 1. The van der Waals surface area contributed by atoms with E-state index in [1.165, 1.54) is 5.56 Å². The fraction of sp³-hybridized carbons (Fsp3) is 0.455. The Kier molecular flexibility index (Phi) is 4.33. The maximum absolute atomic E-state index is 5.50. The smallest absolute Gasteiger partial charge is 0.119 e. The van der Waals surface area contributed by atoms with Crippen molar-refractivity contribution in [2.75, 3.05) is 19.7 Å². The molecule has 0 saturated heterocycles. The number of ether oxygens (including phenoxy) is 1. The van der Waals surface area contributed by atoms with Gasteiger partial charge < -0.3 is 10.1 Å². The number of nitrogens with one attached hydrogen (secondary N) is 1. The molecule has 2 nitrogen and oxygen atoms in total. The van der Waals surface area contributed by atoms with Crippen LogP contribution in [0, 0.1) is 6.92 Å². The SMILES string of the molecule is CCNCCOc1ccc(C)cc1. The normalized spacial score (nSPS) is 10.0. The molecule has 0 spiro atoms. The van der Waals surface area contributed by atoms with Crippen molar-refractivity contribution < 1.29 is 4.74 Å². The summed E-state index contributed by atoms with van der Waals surface area (Å²) in [5, 5.41) is 3.20. The molecule has 1 N–H and O–H groups in total. The summed E-state index contributed by atoms with van der Waals surface area (Å²) < 4.78 is 5.50. The number of rotatable bonds is 5. The molecule has 0 saturated carbocycles. The molecule has 2 heteroatoms. The van der Waals surface area contributed by atoms with Gasteiger partial charge in [-0.25, -0.2) is 0 Å². The van der Waals surface area contributed by atoms with Gasteiger partial charge in [0.25, 0.3) is 0 Å². The van der Waals surface area contributed by atoms with E-state index in [4.69, 9.17) is 4.74 Å². The molecule has 13 heavy (non-hydrogen) atoms. The third-order valence-electron chi connectivity index (χ3n) is 1.82. The van der Waals surface area contributed by atoms with Crippen LogP contribution in [0.2, 0.25) is 0 Å². The molecule has 0 fully saturated rings. The molecule has 1 aromatic rings. The molecule has 0 atom stereocenters. The zero-order chi connectivity index (χ0) is 9.52. The maximum Gasteiger partial charge on any atom is 0.119 e. The van der Waals surface area contributed by atoms with E-state index < -0.39 is 0 Å². The molecule has 1 rings (SSSR count). The Labute approximate surface area is 79.9 Å². The third-order valence-corrected chi connectivity index (χ3v) is 1.82. The van der Waals surface area contributed by atoms with Gasteiger partial charge in [0.2, 0.25) is 0 Å². The van der Waals surface area contributed by atoms with Crippen LogP contribution in [0.3, 0.4) is 0 Å². The Morgan fingerprint density at radius 1 is 1.23 bits per heavy atom. The summed E-state index contributed by atoms with van der Waals surface area (Å²) in [4.78, 5) is 0. The Hall–Kier alpha value is -1.02. The van der Waals surface area contributed by atoms with Crippen LogP contribution in [-0.2, 0) is 0 Å². The molecule has 0 heterocycles. The van der Waals surface area contributed by atoms with Gasteiger partial charge in [-0.15, -0.1) is 0 Å². The summed E-state index contributed by atoms with van der Waals surface area (Å²) in [5.74, 6) is 0.948. The average Bonchev–Trinajstić information content (AvgIpc) is 2.15. The molecule has 0 unspecified atom stereocenters. The third kappa shape index (κ3) is 3.95. The van der Waals surface area contributed by atoms with Gasteiger partial charge in [-0.1, -0.05) is 24.6 Å². The highest BCUT2D eigenvalue weighted by Crippen LogP contribution is 2.10. The van der Waals surface area contributed by atoms with E-state index in [0.29, 0.717) is 0 Å². The lowest BCUT2D eigenvalue weighted by atomic mass is 10.2. The molecule has 0 aromatic heterocycles. The van der Waals surface area contributed by atoms with E-state index >= 15 is 0 Å². The van der Waals surface area contributed by atoms with Crippen molar-refractivity contribution in [3.8, 4) is 5.75 Å². The van der Waals surface area contributed by atoms with Gasteiger partial charge in [0.1, 0.15) is 12.4 Å². The van der Waals surface area contributed by atoms with Gasteiger partial charge in [0.05, 0.1) is 0 Å². The van der Waals surface area contributed by atoms with Crippen molar-refractivity contribution >= 4 is 0 Å². The second-order valence-corrected chi connectivity index (χ2v) is 3.02. The lowest BCUT2D eigenvalue weighted by molar-refractivity contribution is 0.315. The predicted molar refractivity (Wildman–Crippen MR) is 55.2 cm³/mol. The van der Waals surface area contributed by atoms with Gasteiger partial charge in [-0.2, -0.15) is 0 Å². The van der Waals surface area contributed by atoms with Crippen LogP contribution in [0.15, 0.2) is 24.3 Å². The summed E-state index contributed by atoms with van der Waals surface area (Å²) in [6, 6.07) is 8.12. The molecule has 0 aliphatic carbocycles. The van der Waals surface area contributed by atoms with Crippen LogP contribution in [0.25, 0.3) is 0 Å². The maximum atomic E-state index is 5.50. The first-order valence-corrected chi connectivity index (χ1v) is 4.73. The van der Waals surface area contributed by atoms with E-state index in [1.807, 2.05) is 12.1 Å². The highest BCUT2D eigenvalue weighted by atomic mass is 16.5. The summed E-state index contributed by atoms with van der Waals surface area (Å²) in [6.45, 7) is 6.80. The lowest BCUT2D eigenvalue weighted by Crippen LogP contribution is -2.20. The largest absolute Gasteiger partial charge is 0.492 e. The molecule has 0 aliphatic heterocycles. The Bertz CT molecular complexity index is 230. The van der Waals surface area contributed by atoms with Gasteiger partial charge in [0, 0.05) is 6.54 Å². The monoisotopic (exact) mass is 179 g/mol. The number of aryl methyl sites for hydroxylation is 1. The average molecular weight is 179 g/mol. The van der Waals surface area contributed by atoms with E-state index in [0.717, 1.165) is 25.4 Å². The van der Waals surface area contributed by atoms with Crippen LogP contribution in [-0.4, -0.2) is 19.7 Å².